The third-order valence-electron chi connectivity index (χ3n) is 1.59. The Labute approximate surface area is 103 Å². The molecule has 1 aromatic heterocycles. The molecule has 0 amide bonds. The van der Waals surface area contributed by atoms with Crippen molar-refractivity contribution in [1.29, 1.82) is 0 Å². The molecule has 0 spiro atoms. The fourth-order valence-electron chi connectivity index (χ4n) is 0.912. The number of hydrogen-bond acceptors (Lipinski definition) is 5. The highest BCUT2D eigenvalue weighted by molar-refractivity contribution is 6.42. The van der Waals surface area contributed by atoms with E-state index in [1.54, 1.807) is 6.92 Å². The molecule has 0 radical (unpaired) electrons. The first-order valence-electron chi connectivity index (χ1n) is 4.60. The lowest BCUT2D eigenvalue weighted by molar-refractivity contribution is -0.143. The van der Waals surface area contributed by atoms with Crippen LogP contribution in [0.5, 0.6) is 5.75 Å². The SMILES string of the molecule is CCOC(=O)CCOc1cnnc(Cl)c1Cl. The molecule has 5 nitrogen and oxygen atoms in total. The van der Waals surface area contributed by atoms with E-state index in [-0.39, 0.29) is 29.2 Å². The van der Waals surface area contributed by atoms with Crippen LogP contribution in [-0.2, 0) is 9.53 Å². The fraction of sp³-hybridized carbons (Fsp3) is 0.444. The average molecular weight is 265 g/mol. The molecule has 0 N–H and O–H groups in total. The fourth-order valence-corrected chi connectivity index (χ4v) is 1.19. The van der Waals surface area contributed by atoms with Gasteiger partial charge >= 0.3 is 5.97 Å². The molecule has 1 heterocycles. The van der Waals surface area contributed by atoms with Crippen LogP contribution in [0.2, 0.25) is 10.2 Å². The van der Waals surface area contributed by atoms with Crippen LogP contribution in [0.3, 0.4) is 0 Å². The third kappa shape index (κ3) is 3.83. The summed E-state index contributed by atoms with van der Waals surface area (Å²) in [5.41, 5.74) is 0. The van der Waals surface area contributed by atoms with E-state index in [2.05, 4.69) is 10.2 Å². The number of carbonyl (C=O) groups excluding carboxylic acids is 1. The van der Waals surface area contributed by atoms with Crippen molar-refractivity contribution in [3.8, 4) is 5.75 Å². The molecule has 0 aromatic carbocycles. The molecule has 1 aromatic rings. The van der Waals surface area contributed by atoms with Crippen LogP contribution >= 0.6 is 23.2 Å². The summed E-state index contributed by atoms with van der Waals surface area (Å²) in [4.78, 5) is 11.0. The van der Waals surface area contributed by atoms with Crippen LogP contribution in [0.1, 0.15) is 13.3 Å². The van der Waals surface area contributed by atoms with Crippen molar-refractivity contribution in [2.24, 2.45) is 0 Å². The van der Waals surface area contributed by atoms with Gasteiger partial charge in [0.25, 0.3) is 0 Å². The van der Waals surface area contributed by atoms with Crippen LogP contribution < -0.4 is 4.74 Å². The lowest BCUT2D eigenvalue weighted by Gasteiger charge is -2.06. The van der Waals surface area contributed by atoms with Crippen molar-refractivity contribution in [3.05, 3.63) is 16.4 Å². The van der Waals surface area contributed by atoms with Crippen molar-refractivity contribution in [3.63, 3.8) is 0 Å². The summed E-state index contributed by atoms with van der Waals surface area (Å²) in [5.74, 6) is -0.0299. The van der Waals surface area contributed by atoms with Gasteiger partial charge in [-0.15, -0.1) is 5.10 Å². The highest BCUT2D eigenvalue weighted by Crippen LogP contribution is 2.28. The minimum absolute atomic E-state index is 0.0651. The molecule has 0 atom stereocenters. The summed E-state index contributed by atoms with van der Waals surface area (Å²) in [5, 5.41) is 7.34. The first-order chi connectivity index (χ1) is 7.65. The molecule has 0 bridgehead atoms. The number of esters is 1. The van der Waals surface area contributed by atoms with E-state index in [9.17, 15) is 4.79 Å². The van der Waals surface area contributed by atoms with Gasteiger partial charge in [-0.3, -0.25) is 4.79 Å². The number of hydrogen-bond donors (Lipinski definition) is 0. The Morgan fingerprint density at radius 3 is 2.94 bits per heavy atom. The Kier molecular flexibility index (Phi) is 5.28. The lowest BCUT2D eigenvalue weighted by atomic mass is 10.4. The van der Waals surface area contributed by atoms with Gasteiger partial charge in [-0.1, -0.05) is 23.2 Å². The van der Waals surface area contributed by atoms with E-state index < -0.39 is 0 Å². The number of rotatable bonds is 5. The van der Waals surface area contributed by atoms with Crippen molar-refractivity contribution in [2.75, 3.05) is 13.2 Å². The standard InChI is InChI=1S/C9H10Cl2N2O3/c1-2-15-7(14)3-4-16-6-5-12-13-9(11)8(6)10/h5H,2-4H2,1H3. The van der Waals surface area contributed by atoms with Crippen molar-refractivity contribution < 1.29 is 14.3 Å². The molecule has 0 unspecified atom stereocenters. The van der Waals surface area contributed by atoms with Crippen LogP contribution in [0.4, 0.5) is 0 Å². The topological polar surface area (TPSA) is 61.3 Å². The van der Waals surface area contributed by atoms with Gasteiger partial charge in [-0.05, 0) is 6.92 Å². The van der Waals surface area contributed by atoms with Crippen LogP contribution in [0.15, 0.2) is 6.20 Å². The number of nitrogens with zero attached hydrogens (tertiary/aromatic N) is 2. The monoisotopic (exact) mass is 264 g/mol. The number of halogens is 2. The average Bonchev–Trinajstić information content (AvgIpc) is 2.25. The van der Waals surface area contributed by atoms with Gasteiger partial charge in [0.05, 0.1) is 25.8 Å². The zero-order chi connectivity index (χ0) is 12.0. The van der Waals surface area contributed by atoms with Crippen molar-refractivity contribution in [1.82, 2.24) is 10.2 Å². The molecule has 0 fully saturated rings. The smallest absolute Gasteiger partial charge is 0.309 e. The Bertz CT molecular complexity index is 374. The number of carbonyl (C=O) groups is 1. The highest BCUT2D eigenvalue weighted by Gasteiger charge is 2.09. The third-order valence-corrected chi connectivity index (χ3v) is 2.31. The molecule has 0 aliphatic heterocycles. The largest absolute Gasteiger partial charge is 0.490 e. The van der Waals surface area contributed by atoms with Crippen LogP contribution in [0.25, 0.3) is 0 Å². The molecule has 0 aliphatic carbocycles. The molecule has 88 valence electrons. The van der Waals surface area contributed by atoms with Crippen LogP contribution in [-0.4, -0.2) is 29.4 Å². The van der Waals surface area contributed by atoms with Gasteiger partial charge in [0, 0.05) is 0 Å². The number of aromatic nitrogens is 2. The minimum Gasteiger partial charge on any atom is -0.490 e. The predicted octanol–water partition coefficient (Wildman–Crippen LogP) is 2.12. The second-order valence-corrected chi connectivity index (χ2v) is 3.45. The maximum Gasteiger partial charge on any atom is 0.309 e. The van der Waals surface area contributed by atoms with Crippen LogP contribution in [0, 0.1) is 0 Å². The van der Waals surface area contributed by atoms with Gasteiger partial charge in [0.15, 0.2) is 10.9 Å². The summed E-state index contributed by atoms with van der Waals surface area (Å²) in [7, 11) is 0. The maximum atomic E-state index is 11.0. The van der Waals surface area contributed by atoms with Crippen molar-refractivity contribution in [2.45, 2.75) is 13.3 Å². The van der Waals surface area contributed by atoms with E-state index >= 15 is 0 Å². The lowest BCUT2D eigenvalue weighted by Crippen LogP contribution is -2.10. The normalized spacial score (nSPS) is 9.94. The van der Waals surface area contributed by atoms with Gasteiger partial charge in [0.2, 0.25) is 0 Å². The highest BCUT2D eigenvalue weighted by atomic mass is 35.5. The Hall–Kier alpha value is -1.07. The molecular weight excluding hydrogens is 255 g/mol. The molecule has 0 saturated carbocycles. The quantitative estimate of drug-likeness (QED) is 0.763. The van der Waals surface area contributed by atoms with E-state index in [0.29, 0.717) is 12.4 Å². The van der Waals surface area contributed by atoms with E-state index in [1.807, 2.05) is 0 Å². The first kappa shape index (κ1) is 13.0. The van der Waals surface area contributed by atoms with Gasteiger partial charge in [-0.2, -0.15) is 5.10 Å². The van der Waals surface area contributed by atoms with Gasteiger partial charge in [0.1, 0.15) is 5.02 Å². The summed E-state index contributed by atoms with van der Waals surface area (Å²) < 4.78 is 9.94. The molecule has 0 saturated heterocycles. The molecule has 1 rings (SSSR count). The molecular formula is C9H10Cl2N2O3. The summed E-state index contributed by atoms with van der Waals surface area (Å²) in [6.45, 7) is 2.24. The molecule has 7 heteroatoms. The maximum absolute atomic E-state index is 11.0. The Balaban J connectivity index is 2.43. The zero-order valence-electron chi connectivity index (χ0n) is 8.57. The van der Waals surface area contributed by atoms with E-state index in [1.165, 1.54) is 6.20 Å². The Morgan fingerprint density at radius 1 is 1.50 bits per heavy atom. The Morgan fingerprint density at radius 2 is 2.25 bits per heavy atom. The second-order valence-electron chi connectivity index (χ2n) is 2.72. The van der Waals surface area contributed by atoms with Gasteiger partial charge in [-0.25, -0.2) is 0 Å². The summed E-state index contributed by atoms with van der Waals surface area (Å²) in [6, 6.07) is 0. The van der Waals surface area contributed by atoms with Gasteiger partial charge < -0.3 is 9.47 Å². The first-order valence-corrected chi connectivity index (χ1v) is 5.35. The molecule has 0 aliphatic rings. The van der Waals surface area contributed by atoms with Crippen molar-refractivity contribution >= 4 is 29.2 Å². The zero-order valence-corrected chi connectivity index (χ0v) is 10.1. The van der Waals surface area contributed by atoms with E-state index in [4.69, 9.17) is 32.7 Å². The van der Waals surface area contributed by atoms with E-state index in [0.717, 1.165) is 0 Å². The minimum atomic E-state index is -0.327. The number of ether oxygens (including phenoxy) is 2. The molecule has 16 heavy (non-hydrogen) atoms. The predicted molar refractivity (Wildman–Crippen MR) is 58.8 cm³/mol. The summed E-state index contributed by atoms with van der Waals surface area (Å²) >= 11 is 11.4. The summed E-state index contributed by atoms with van der Waals surface area (Å²) in [6.07, 6.45) is 1.48. The second kappa shape index (κ2) is 6.50.